The molecule has 29 heavy (non-hydrogen) atoms. The quantitative estimate of drug-likeness (QED) is 0.386. The number of ether oxygens (including phenoxy) is 2. The second kappa shape index (κ2) is 8.19. The number of methoxy groups -OCH3 is 2. The standard InChI is InChI=1S/C23H18Cl2N2O2/c1-28-15-11-12-19(29-2)17(13-15)23-26-21(14-7-4-3-5-8-14)22(27-23)16-9-6-10-18(24)20(16)25/h3-13H,1-2H3,(H,26,27). The minimum Gasteiger partial charge on any atom is -0.497 e. The number of hydrogen-bond acceptors (Lipinski definition) is 3. The molecular weight excluding hydrogens is 407 g/mol. The van der Waals surface area contributed by atoms with E-state index in [2.05, 4.69) is 4.98 Å². The predicted molar refractivity (Wildman–Crippen MR) is 118 cm³/mol. The van der Waals surface area contributed by atoms with Crippen LogP contribution in [0.4, 0.5) is 0 Å². The summed E-state index contributed by atoms with van der Waals surface area (Å²) in [5, 5.41) is 0.956. The maximum Gasteiger partial charge on any atom is 0.142 e. The molecule has 0 spiro atoms. The molecule has 1 aromatic heterocycles. The highest BCUT2D eigenvalue weighted by molar-refractivity contribution is 6.43. The van der Waals surface area contributed by atoms with Gasteiger partial charge < -0.3 is 14.5 Å². The van der Waals surface area contributed by atoms with Gasteiger partial charge in [-0.15, -0.1) is 0 Å². The third-order valence-corrected chi connectivity index (χ3v) is 5.45. The minimum absolute atomic E-state index is 0.471. The van der Waals surface area contributed by atoms with E-state index in [-0.39, 0.29) is 0 Å². The molecule has 0 aliphatic carbocycles. The van der Waals surface area contributed by atoms with Crippen LogP contribution in [0.5, 0.6) is 11.5 Å². The summed E-state index contributed by atoms with van der Waals surface area (Å²) in [5.41, 5.74) is 4.08. The topological polar surface area (TPSA) is 47.1 Å². The maximum absolute atomic E-state index is 6.52. The molecule has 3 aromatic carbocycles. The Morgan fingerprint density at radius 1 is 0.828 bits per heavy atom. The first-order valence-electron chi connectivity index (χ1n) is 8.94. The molecule has 4 aromatic rings. The summed E-state index contributed by atoms with van der Waals surface area (Å²) < 4.78 is 10.9. The highest BCUT2D eigenvalue weighted by Gasteiger charge is 2.20. The number of aromatic amines is 1. The monoisotopic (exact) mass is 424 g/mol. The summed E-state index contributed by atoms with van der Waals surface area (Å²) in [6.07, 6.45) is 0. The van der Waals surface area contributed by atoms with Crippen molar-refractivity contribution in [1.29, 1.82) is 0 Å². The van der Waals surface area contributed by atoms with E-state index in [9.17, 15) is 0 Å². The lowest BCUT2D eigenvalue weighted by molar-refractivity contribution is 0.404. The van der Waals surface area contributed by atoms with Gasteiger partial charge in [0.2, 0.25) is 0 Å². The number of aromatic nitrogens is 2. The number of hydrogen-bond donors (Lipinski definition) is 1. The van der Waals surface area contributed by atoms with Crippen LogP contribution >= 0.6 is 23.2 Å². The Kier molecular flexibility index (Phi) is 5.47. The Labute approximate surface area is 179 Å². The highest BCUT2D eigenvalue weighted by Crippen LogP contribution is 2.40. The molecule has 0 saturated carbocycles. The van der Waals surface area contributed by atoms with E-state index in [1.807, 2.05) is 60.7 Å². The van der Waals surface area contributed by atoms with Gasteiger partial charge in [-0.2, -0.15) is 0 Å². The predicted octanol–water partition coefficient (Wildman–Crippen LogP) is 6.73. The highest BCUT2D eigenvalue weighted by atomic mass is 35.5. The molecule has 1 N–H and O–H groups in total. The minimum atomic E-state index is 0.471. The Bertz CT molecular complexity index is 1160. The fraction of sp³-hybridized carbons (Fsp3) is 0.0870. The molecule has 4 rings (SSSR count). The molecule has 0 fully saturated rings. The Hall–Kier alpha value is -2.95. The van der Waals surface area contributed by atoms with Gasteiger partial charge in [0, 0.05) is 11.1 Å². The van der Waals surface area contributed by atoms with Gasteiger partial charge in [0.15, 0.2) is 0 Å². The van der Waals surface area contributed by atoms with Crippen LogP contribution in [0.2, 0.25) is 10.0 Å². The molecule has 4 nitrogen and oxygen atoms in total. The Morgan fingerprint density at radius 2 is 1.62 bits per heavy atom. The van der Waals surface area contributed by atoms with Crippen molar-refractivity contribution in [3.8, 4) is 45.4 Å². The maximum atomic E-state index is 6.52. The van der Waals surface area contributed by atoms with Crippen molar-refractivity contribution in [2.24, 2.45) is 0 Å². The van der Waals surface area contributed by atoms with E-state index in [1.165, 1.54) is 0 Å². The van der Waals surface area contributed by atoms with Gasteiger partial charge >= 0.3 is 0 Å². The Balaban J connectivity index is 1.97. The number of imidazole rings is 1. The largest absolute Gasteiger partial charge is 0.497 e. The second-order valence-electron chi connectivity index (χ2n) is 6.34. The lowest BCUT2D eigenvalue weighted by Gasteiger charge is -2.08. The fourth-order valence-corrected chi connectivity index (χ4v) is 3.59. The first-order valence-corrected chi connectivity index (χ1v) is 9.70. The van der Waals surface area contributed by atoms with Crippen LogP contribution in [0, 0.1) is 0 Å². The average Bonchev–Trinajstić information content (AvgIpc) is 3.21. The number of halogens is 2. The van der Waals surface area contributed by atoms with E-state index in [4.69, 9.17) is 37.7 Å². The van der Waals surface area contributed by atoms with E-state index in [0.717, 1.165) is 28.1 Å². The zero-order chi connectivity index (χ0) is 20.4. The Morgan fingerprint density at radius 3 is 2.34 bits per heavy atom. The summed E-state index contributed by atoms with van der Waals surface area (Å²) in [6.45, 7) is 0. The zero-order valence-corrected chi connectivity index (χ0v) is 17.4. The third-order valence-electron chi connectivity index (χ3n) is 4.63. The van der Waals surface area contributed by atoms with Crippen LogP contribution in [0.3, 0.4) is 0 Å². The van der Waals surface area contributed by atoms with Crippen molar-refractivity contribution in [3.05, 3.63) is 76.8 Å². The molecule has 0 saturated heterocycles. The summed E-state index contributed by atoms with van der Waals surface area (Å²) in [6, 6.07) is 21.0. The summed E-state index contributed by atoms with van der Waals surface area (Å²) in [7, 11) is 3.25. The number of nitrogens with zero attached hydrogens (tertiary/aromatic N) is 1. The number of benzene rings is 3. The van der Waals surface area contributed by atoms with Crippen molar-refractivity contribution >= 4 is 23.2 Å². The molecule has 146 valence electrons. The van der Waals surface area contributed by atoms with Gasteiger partial charge in [0.05, 0.1) is 41.2 Å². The van der Waals surface area contributed by atoms with E-state index in [0.29, 0.717) is 27.4 Å². The van der Waals surface area contributed by atoms with Crippen LogP contribution in [-0.4, -0.2) is 24.2 Å². The molecule has 0 aliphatic heterocycles. The molecule has 0 bridgehead atoms. The molecule has 1 heterocycles. The molecule has 6 heteroatoms. The van der Waals surface area contributed by atoms with Crippen LogP contribution in [0.15, 0.2) is 66.7 Å². The van der Waals surface area contributed by atoms with Crippen molar-refractivity contribution in [2.45, 2.75) is 0 Å². The van der Waals surface area contributed by atoms with E-state index in [1.54, 1.807) is 20.3 Å². The van der Waals surface area contributed by atoms with Gasteiger partial charge in [-0.3, -0.25) is 0 Å². The fourth-order valence-electron chi connectivity index (χ4n) is 3.20. The smallest absolute Gasteiger partial charge is 0.142 e. The van der Waals surface area contributed by atoms with Crippen LogP contribution in [0.25, 0.3) is 33.9 Å². The summed E-state index contributed by atoms with van der Waals surface area (Å²) in [4.78, 5) is 8.31. The lowest BCUT2D eigenvalue weighted by Crippen LogP contribution is -1.91. The molecule has 0 amide bonds. The SMILES string of the molecule is COc1ccc(OC)c(-c2nc(-c3ccccc3)c(-c3cccc(Cl)c3Cl)[nH]2)c1. The van der Waals surface area contributed by atoms with Crippen LogP contribution in [-0.2, 0) is 0 Å². The van der Waals surface area contributed by atoms with Gasteiger partial charge in [-0.1, -0.05) is 65.7 Å². The molecule has 0 unspecified atom stereocenters. The van der Waals surface area contributed by atoms with Crippen LogP contribution in [0.1, 0.15) is 0 Å². The molecule has 0 aliphatic rings. The molecular formula is C23H18Cl2N2O2. The average molecular weight is 425 g/mol. The van der Waals surface area contributed by atoms with Gasteiger partial charge in [0.25, 0.3) is 0 Å². The van der Waals surface area contributed by atoms with Crippen LogP contribution < -0.4 is 9.47 Å². The van der Waals surface area contributed by atoms with Gasteiger partial charge in [-0.05, 0) is 24.3 Å². The molecule has 0 atom stereocenters. The molecule has 0 radical (unpaired) electrons. The zero-order valence-electron chi connectivity index (χ0n) is 15.9. The summed E-state index contributed by atoms with van der Waals surface area (Å²) >= 11 is 12.8. The number of nitrogens with one attached hydrogen (secondary N) is 1. The first-order chi connectivity index (χ1) is 14.1. The summed E-state index contributed by atoms with van der Waals surface area (Å²) in [5.74, 6) is 2.04. The lowest BCUT2D eigenvalue weighted by atomic mass is 10.1. The van der Waals surface area contributed by atoms with E-state index < -0.39 is 0 Å². The van der Waals surface area contributed by atoms with Gasteiger partial charge in [0.1, 0.15) is 17.3 Å². The van der Waals surface area contributed by atoms with Crippen molar-refractivity contribution in [1.82, 2.24) is 9.97 Å². The normalized spacial score (nSPS) is 10.8. The van der Waals surface area contributed by atoms with Gasteiger partial charge in [-0.25, -0.2) is 4.98 Å². The first kappa shape index (κ1) is 19.4. The van der Waals surface area contributed by atoms with Crippen molar-refractivity contribution in [3.63, 3.8) is 0 Å². The number of rotatable bonds is 5. The number of H-pyrrole nitrogens is 1. The second-order valence-corrected chi connectivity index (χ2v) is 7.13. The van der Waals surface area contributed by atoms with Crippen molar-refractivity contribution < 1.29 is 9.47 Å². The van der Waals surface area contributed by atoms with E-state index >= 15 is 0 Å². The van der Waals surface area contributed by atoms with Crippen molar-refractivity contribution in [2.75, 3.05) is 14.2 Å². The third kappa shape index (κ3) is 3.69.